The van der Waals surface area contributed by atoms with Crippen molar-refractivity contribution < 1.29 is 81.3 Å². The van der Waals surface area contributed by atoms with Crippen LogP contribution in [0.5, 0.6) is 11.5 Å². The topological polar surface area (TPSA) is 260 Å². The lowest BCUT2D eigenvalue weighted by Crippen LogP contribution is -2.64. The molecule has 8 aliphatic rings. The molecule has 0 unspecified atom stereocenters. The lowest BCUT2D eigenvalue weighted by Gasteiger charge is -2.62. The molecule has 10 rings (SSSR count). The molecule has 6 fully saturated rings. The summed E-state index contributed by atoms with van der Waals surface area (Å²) in [6.07, 6.45) is 3.07. The Bertz CT molecular complexity index is 2740. The Hall–Kier alpha value is -4.50. The summed E-state index contributed by atoms with van der Waals surface area (Å²) in [7, 11) is -2.78. The fraction of sp³-hybridized carbons (Fsp3) is 0.707. The molecule has 17 nitrogen and oxygen atoms in total. The van der Waals surface area contributed by atoms with Crippen molar-refractivity contribution in [2.75, 3.05) is 26.3 Å². The number of ketones is 2. The zero-order valence-corrected chi connectivity index (χ0v) is 47.2. The molecule has 21 heteroatoms. The third-order valence-corrected chi connectivity index (χ3v) is 22.0. The molecule has 0 aromatic heterocycles. The molecule has 2 aliphatic heterocycles. The highest BCUT2D eigenvalue weighted by Gasteiger charge is 2.70. The second kappa shape index (κ2) is 21.7. The molecule has 1 amide bonds. The molecule has 2 aromatic carbocycles. The summed E-state index contributed by atoms with van der Waals surface area (Å²) in [4.78, 5) is 65.5. The van der Waals surface area contributed by atoms with E-state index in [1.807, 2.05) is 34.6 Å². The van der Waals surface area contributed by atoms with Crippen molar-refractivity contribution in [3.8, 4) is 11.5 Å². The van der Waals surface area contributed by atoms with Crippen molar-refractivity contribution in [3.63, 3.8) is 0 Å². The monoisotopic (exact) mass is 1100 g/mol. The number of carbonyl (C=O) groups is 5. The minimum Gasteiger partial charge on any atom is -0.479 e. The summed E-state index contributed by atoms with van der Waals surface area (Å²) in [5.41, 5.74) is 3.54. The Morgan fingerprint density at radius 3 is 1.49 bits per heavy atom. The number of nitrogens with one attached hydrogen (secondary N) is 1. The second-order valence-corrected chi connectivity index (χ2v) is 25.9. The van der Waals surface area contributed by atoms with Gasteiger partial charge in [0.1, 0.15) is 23.8 Å². The van der Waals surface area contributed by atoms with Crippen molar-refractivity contribution in [1.82, 2.24) is 5.32 Å². The van der Waals surface area contributed by atoms with E-state index in [-0.39, 0.29) is 114 Å². The summed E-state index contributed by atoms with van der Waals surface area (Å²) in [6.45, 7) is 17.0. The highest BCUT2D eigenvalue weighted by atomic mass is 19.1. The summed E-state index contributed by atoms with van der Waals surface area (Å²) >= 11 is 0. The molecule has 4 bridgehead atoms. The molecule has 2 heterocycles. The first-order valence-electron chi connectivity index (χ1n) is 28.4. The van der Waals surface area contributed by atoms with Gasteiger partial charge in [0.2, 0.25) is 5.91 Å². The van der Waals surface area contributed by atoms with Gasteiger partial charge in [0.15, 0.2) is 36.3 Å². The predicted octanol–water partition coefficient (Wildman–Crippen LogP) is 4.38. The normalized spacial score (nSPS) is 39.1. The van der Waals surface area contributed by atoms with E-state index in [1.165, 1.54) is 19.1 Å². The van der Waals surface area contributed by atoms with Crippen molar-refractivity contribution in [2.24, 2.45) is 73.7 Å². The number of Topliss-reactive ketones (excluding diaryl/α,β-unsaturated/α-hetero) is 2. The first kappa shape index (κ1) is 59.1. The summed E-state index contributed by atoms with van der Waals surface area (Å²) in [5, 5.41) is 46.1. The average Bonchev–Trinajstić information content (AvgIpc) is 4.38. The highest BCUT2D eigenvalue weighted by molar-refractivity contribution is 6.62. The first-order chi connectivity index (χ1) is 37.1. The van der Waals surface area contributed by atoms with Gasteiger partial charge < -0.3 is 59.6 Å². The first-order valence-corrected chi connectivity index (χ1v) is 28.4. The van der Waals surface area contributed by atoms with E-state index in [1.54, 1.807) is 12.1 Å². The molecule has 6 saturated carbocycles. The Morgan fingerprint density at radius 2 is 1.09 bits per heavy atom. The number of halogens is 2. The fourth-order valence-corrected chi connectivity index (χ4v) is 16.8. The van der Waals surface area contributed by atoms with Crippen molar-refractivity contribution in [2.45, 2.75) is 164 Å². The summed E-state index contributed by atoms with van der Waals surface area (Å²) in [5.74, 6) is -4.18. The molecule has 16 atom stereocenters. The van der Waals surface area contributed by atoms with Gasteiger partial charge in [-0.15, -0.1) is 0 Å². The molecule has 0 saturated heterocycles. The Morgan fingerprint density at radius 1 is 0.684 bits per heavy atom. The summed E-state index contributed by atoms with van der Waals surface area (Å²) < 4.78 is 63.4. The van der Waals surface area contributed by atoms with Gasteiger partial charge in [-0.05, 0) is 109 Å². The highest BCUT2D eigenvalue weighted by Crippen LogP contribution is 2.69. The van der Waals surface area contributed by atoms with E-state index in [2.05, 4.69) is 26.1 Å². The van der Waals surface area contributed by atoms with Gasteiger partial charge in [0.25, 0.3) is 0 Å². The van der Waals surface area contributed by atoms with E-state index < -0.39 is 103 Å². The number of esters is 2. The van der Waals surface area contributed by atoms with Gasteiger partial charge in [-0.2, -0.15) is 0 Å². The van der Waals surface area contributed by atoms with Gasteiger partial charge in [-0.1, -0.05) is 67.5 Å². The van der Waals surface area contributed by atoms with E-state index in [0.29, 0.717) is 43.2 Å². The van der Waals surface area contributed by atoms with E-state index in [0.717, 1.165) is 25.7 Å². The molecule has 432 valence electrons. The fourth-order valence-electron chi connectivity index (χ4n) is 16.8. The maximum atomic E-state index is 15.0. The molecular formula is C58H80B2F2N2O15. The van der Waals surface area contributed by atoms with E-state index in [9.17, 15) is 48.6 Å². The number of carbonyl (C=O) groups excluding carboxylic acids is 5. The van der Waals surface area contributed by atoms with Gasteiger partial charge in [-0.25, -0.2) is 18.4 Å². The smallest absolute Gasteiger partial charge is 0.479 e. The lowest BCUT2D eigenvalue weighted by atomic mass is 9.44. The zero-order valence-electron chi connectivity index (χ0n) is 47.2. The van der Waals surface area contributed by atoms with Crippen LogP contribution < -0.4 is 31.4 Å². The maximum Gasteiger partial charge on any atom is 0.494 e. The number of hydrogen-bond acceptors (Lipinski definition) is 16. The number of ether oxygens (including phenoxy) is 4. The minimum absolute atomic E-state index is 0.00708. The largest absolute Gasteiger partial charge is 0.494 e. The van der Waals surface area contributed by atoms with Gasteiger partial charge >= 0.3 is 26.2 Å². The predicted molar refractivity (Wildman–Crippen MR) is 285 cm³/mol. The Kier molecular flexibility index (Phi) is 16.2. The number of hydrogen-bond donors (Lipinski definition) is 6. The molecule has 0 spiro atoms. The number of aliphatic hydroxyl groups excluding tert-OH is 2. The molecule has 6 aliphatic carbocycles. The van der Waals surface area contributed by atoms with Crippen LogP contribution in [0.25, 0.3) is 0 Å². The van der Waals surface area contributed by atoms with E-state index >= 15 is 4.39 Å². The number of aliphatic hydroxyl groups is 2. The number of fused-ring (bicyclic) bond motifs is 2. The number of benzene rings is 2. The molecule has 2 aromatic rings. The zero-order chi connectivity index (χ0) is 57.5. The minimum atomic E-state index is -1.40. The van der Waals surface area contributed by atoms with Crippen LogP contribution in [0.4, 0.5) is 8.78 Å². The van der Waals surface area contributed by atoms with Crippen LogP contribution in [0, 0.1) is 79.6 Å². The standard InChI is InChI=1S/C30H41BFNO8.C28H39BFNO7/c1-16-8-10-30-11-9-20(35)26(30)29(16,5)22(12-28(4,15-33-18(3)34)27(37)17(30)2)41-23(36)14-39-21-7-6-19-13-40-31(38)24(19)25(21)32;1-15-7-9-28-10-8-18(32)24(28)27(15,4)20(11-26(3,14-31)25(34)16(28)2)38-21(33)13-36-19-6-5-17-12-37-29(35)22(17)23(19)30/h6-7,16-17,22,26-27,37-38H,8-15H2,1-5H3,(H,33,34);5-6,15-16,20,24-25,34-35H,7-14,31H2,1-4H3/t16-,17+,22-,26+,27+,28+,29+,30+;15-,16+,20-,24+,25+,26+,27+,28+/m11/s1. The number of rotatable bonds is 11. The summed E-state index contributed by atoms with van der Waals surface area (Å²) in [6, 6.07) is 5.96. The Labute approximate surface area is 462 Å². The van der Waals surface area contributed by atoms with E-state index in [4.69, 9.17) is 34.0 Å². The number of nitrogens with two attached hydrogens (primary N) is 1. The third-order valence-electron chi connectivity index (χ3n) is 22.0. The van der Waals surface area contributed by atoms with Crippen molar-refractivity contribution in [3.05, 3.63) is 47.0 Å². The van der Waals surface area contributed by atoms with Crippen LogP contribution in [0.3, 0.4) is 0 Å². The van der Waals surface area contributed by atoms with Crippen LogP contribution in [0.15, 0.2) is 24.3 Å². The van der Waals surface area contributed by atoms with Crippen LogP contribution >= 0.6 is 0 Å². The molecular weight excluding hydrogens is 1020 g/mol. The molecule has 0 radical (unpaired) electrons. The van der Waals surface area contributed by atoms with Crippen LogP contribution in [0.2, 0.25) is 0 Å². The molecule has 7 N–H and O–H groups in total. The van der Waals surface area contributed by atoms with Gasteiger partial charge in [0, 0.05) is 77.3 Å². The lowest BCUT2D eigenvalue weighted by molar-refractivity contribution is -0.212. The molecule has 79 heavy (non-hydrogen) atoms. The van der Waals surface area contributed by atoms with Gasteiger partial charge in [0.05, 0.1) is 25.4 Å². The van der Waals surface area contributed by atoms with Crippen LogP contribution in [-0.2, 0) is 56.0 Å². The quantitative estimate of drug-likeness (QED) is 0.135. The number of amides is 1. The Balaban J connectivity index is 0.000000192. The van der Waals surface area contributed by atoms with Gasteiger partial charge in [-0.3, -0.25) is 14.4 Å². The van der Waals surface area contributed by atoms with Crippen LogP contribution in [-0.4, -0.2) is 115 Å². The maximum absolute atomic E-state index is 15.0. The van der Waals surface area contributed by atoms with Crippen molar-refractivity contribution in [1.29, 1.82) is 0 Å². The van der Waals surface area contributed by atoms with Crippen LogP contribution in [0.1, 0.15) is 138 Å². The SMILES string of the molecule is CC(=O)NC[C@]1(C)C[C@@H](OC(=O)COc2ccc3c(c2F)B(O)OC3)[C@]2(C)[C@H](C)CC[C@]3(CCC(=O)[C@H]32)[C@@H](C)[C@@H]1O.C[C@@H]1CC[C@@]23CCC(=O)[C@H]2[C@]1(C)[C@H](OC(=O)COc1ccc2c(c1F)B(O)OC2)C[C@@](C)(CN)[C@@H](O)[C@@H]3C. The third kappa shape index (κ3) is 9.73. The average molecular weight is 1100 g/mol. The second-order valence-electron chi connectivity index (χ2n) is 25.9. The van der Waals surface area contributed by atoms with Crippen molar-refractivity contribution >= 4 is 54.6 Å².